The summed E-state index contributed by atoms with van der Waals surface area (Å²) in [6, 6.07) is 8.70. The van der Waals surface area contributed by atoms with E-state index in [1.54, 1.807) is 0 Å². The van der Waals surface area contributed by atoms with Crippen LogP contribution in [0.2, 0.25) is 0 Å². The molecule has 1 saturated heterocycles. The molecule has 1 aliphatic rings. The summed E-state index contributed by atoms with van der Waals surface area (Å²) in [6.45, 7) is 3.51. The van der Waals surface area contributed by atoms with Crippen LogP contribution in [0.25, 0.3) is 10.1 Å². The lowest BCUT2D eigenvalue weighted by molar-refractivity contribution is 0.334. The molecule has 0 amide bonds. The lowest BCUT2D eigenvalue weighted by atomic mass is 10.2. The van der Waals surface area contributed by atoms with Gasteiger partial charge in [-0.2, -0.15) is 0 Å². The molecule has 1 aliphatic heterocycles. The van der Waals surface area contributed by atoms with E-state index in [0.717, 1.165) is 6.54 Å². The monoisotopic (exact) mass is 295 g/mol. The van der Waals surface area contributed by atoms with Gasteiger partial charge in [-0.05, 0) is 35.4 Å². The van der Waals surface area contributed by atoms with Crippen LogP contribution in [0.3, 0.4) is 0 Å². The van der Waals surface area contributed by atoms with Gasteiger partial charge in [-0.1, -0.05) is 34.1 Å². The Kier molecular flexibility index (Phi) is 3.01. The van der Waals surface area contributed by atoms with Gasteiger partial charge in [0, 0.05) is 22.6 Å². The highest BCUT2D eigenvalue weighted by Gasteiger charge is 2.20. The van der Waals surface area contributed by atoms with Gasteiger partial charge in [0.25, 0.3) is 0 Å². The molecule has 0 radical (unpaired) electrons. The van der Waals surface area contributed by atoms with Crippen LogP contribution >= 0.6 is 27.3 Å². The summed E-state index contributed by atoms with van der Waals surface area (Å²) in [5, 5.41) is 3.75. The summed E-state index contributed by atoms with van der Waals surface area (Å²) in [6.07, 6.45) is 1.28. The number of hydrogen-bond donors (Lipinski definition) is 0. The highest BCUT2D eigenvalue weighted by atomic mass is 79.9. The van der Waals surface area contributed by atoms with Crippen molar-refractivity contribution in [2.24, 2.45) is 0 Å². The largest absolute Gasteiger partial charge is 0.298 e. The first-order valence-corrected chi connectivity index (χ1v) is 7.44. The van der Waals surface area contributed by atoms with E-state index in [1.165, 1.54) is 35.2 Å². The third-order valence-corrected chi connectivity index (χ3v) is 4.93. The van der Waals surface area contributed by atoms with Crippen LogP contribution in [0.4, 0.5) is 0 Å². The van der Waals surface area contributed by atoms with Crippen LogP contribution in [-0.4, -0.2) is 22.8 Å². The highest BCUT2D eigenvalue weighted by Crippen LogP contribution is 2.28. The Labute approximate surface area is 108 Å². The molecule has 0 spiro atoms. The lowest BCUT2D eigenvalue weighted by Gasteiger charge is -2.14. The Morgan fingerprint density at radius 2 is 2.25 bits per heavy atom. The van der Waals surface area contributed by atoms with Crippen molar-refractivity contribution in [3.63, 3.8) is 0 Å². The van der Waals surface area contributed by atoms with Crippen molar-refractivity contribution in [3.05, 3.63) is 35.2 Å². The maximum absolute atomic E-state index is 3.69. The van der Waals surface area contributed by atoms with E-state index in [-0.39, 0.29) is 0 Å². The molecule has 3 heteroatoms. The number of rotatable bonds is 2. The average Bonchev–Trinajstić information content (AvgIpc) is 2.87. The van der Waals surface area contributed by atoms with Crippen LogP contribution in [0.1, 0.15) is 12.0 Å². The second kappa shape index (κ2) is 4.47. The Hall–Kier alpha value is -0.380. The lowest BCUT2D eigenvalue weighted by Crippen LogP contribution is -2.19. The van der Waals surface area contributed by atoms with Crippen molar-refractivity contribution in [1.82, 2.24) is 4.90 Å². The summed E-state index contributed by atoms with van der Waals surface area (Å²) in [4.78, 5) is 3.23. The van der Waals surface area contributed by atoms with Crippen LogP contribution in [0.5, 0.6) is 0 Å². The van der Waals surface area contributed by atoms with Crippen LogP contribution < -0.4 is 0 Å². The molecule has 84 valence electrons. The van der Waals surface area contributed by atoms with Crippen molar-refractivity contribution >= 4 is 37.4 Å². The molecule has 1 atom stereocenters. The summed E-state index contributed by atoms with van der Waals surface area (Å²) in [7, 11) is 0. The zero-order valence-corrected chi connectivity index (χ0v) is 11.4. The van der Waals surface area contributed by atoms with Crippen molar-refractivity contribution in [3.8, 4) is 0 Å². The van der Waals surface area contributed by atoms with Crippen LogP contribution in [0.15, 0.2) is 29.6 Å². The molecular formula is C13H14BrNS. The molecule has 1 aromatic carbocycles. The zero-order valence-electron chi connectivity index (χ0n) is 9.03. The fourth-order valence-electron chi connectivity index (χ4n) is 2.33. The fraction of sp³-hybridized carbons (Fsp3) is 0.385. The molecule has 0 aliphatic carbocycles. The van der Waals surface area contributed by atoms with E-state index in [9.17, 15) is 0 Å². The van der Waals surface area contributed by atoms with E-state index >= 15 is 0 Å². The maximum atomic E-state index is 3.69. The maximum Gasteiger partial charge on any atom is 0.0346 e. The molecule has 0 bridgehead atoms. The number of thiophene rings is 1. The molecule has 2 aromatic rings. The number of benzene rings is 1. The van der Waals surface area contributed by atoms with E-state index in [1.807, 2.05) is 11.3 Å². The number of halogens is 1. The molecule has 1 nitrogen and oxygen atoms in total. The van der Waals surface area contributed by atoms with Gasteiger partial charge in [-0.3, -0.25) is 4.90 Å². The molecule has 2 heterocycles. The zero-order chi connectivity index (χ0) is 11.0. The second-order valence-corrected chi connectivity index (χ2v) is 6.58. The first-order chi connectivity index (χ1) is 7.83. The molecule has 1 aromatic heterocycles. The number of alkyl halides is 1. The van der Waals surface area contributed by atoms with E-state index < -0.39 is 0 Å². The molecular weight excluding hydrogens is 282 g/mol. The topological polar surface area (TPSA) is 3.24 Å². The molecule has 3 rings (SSSR count). The third kappa shape index (κ3) is 2.04. The molecule has 1 fully saturated rings. The first-order valence-electron chi connectivity index (χ1n) is 5.64. The third-order valence-electron chi connectivity index (χ3n) is 3.17. The van der Waals surface area contributed by atoms with Gasteiger partial charge in [-0.15, -0.1) is 11.3 Å². The Bertz CT molecular complexity index is 493. The predicted octanol–water partition coefficient (Wildman–Crippen LogP) is 3.87. The Morgan fingerprint density at radius 3 is 3.06 bits per heavy atom. The van der Waals surface area contributed by atoms with Crippen molar-refractivity contribution in [2.45, 2.75) is 17.8 Å². The number of likely N-dealkylation sites (tertiary alicyclic amines) is 1. The minimum Gasteiger partial charge on any atom is -0.298 e. The highest BCUT2D eigenvalue weighted by molar-refractivity contribution is 9.09. The molecule has 0 saturated carbocycles. The van der Waals surface area contributed by atoms with Crippen molar-refractivity contribution < 1.29 is 0 Å². The molecule has 1 unspecified atom stereocenters. The first kappa shape index (κ1) is 10.8. The van der Waals surface area contributed by atoms with Gasteiger partial charge in [0.05, 0.1) is 0 Å². The minimum atomic E-state index is 0.692. The van der Waals surface area contributed by atoms with E-state index in [4.69, 9.17) is 0 Å². The number of fused-ring (bicyclic) bond motifs is 1. The van der Waals surface area contributed by atoms with Gasteiger partial charge >= 0.3 is 0 Å². The predicted molar refractivity (Wildman–Crippen MR) is 74.4 cm³/mol. The van der Waals surface area contributed by atoms with Crippen LogP contribution in [0, 0.1) is 0 Å². The number of nitrogens with zero attached hydrogens (tertiary/aromatic N) is 1. The second-order valence-electron chi connectivity index (χ2n) is 4.38. The minimum absolute atomic E-state index is 0.692. The number of hydrogen-bond acceptors (Lipinski definition) is 2. The fourth-order valence-corrected chi connectivity index (χ4v) is 3.89. The Balaban J connectivity index is 1.84. The van der Waals surface area contributed by atoms with Gasteiger partial charge in [0.1, 0.15) is 0 Å². The summed E-state index contributed by atoms with van der Waals surface area (Å²) >= 11 is 5.55. The summed E-state index contributed by atoms with van der Waals surface area (Å²) < 4.78 is 1.41. The normalized spacial score (nSPS) is 21.9. The summed E-state index contributed by atoms with van der Waals surface area (Å²) in [5.74, 6) is 0. The molecule has 16 heavy (non-hydrogen) atoms. The van der Waals surface area contributed by atoms with Crippen molar-refractivity contribution in [2.75, 3.05) is 13.1 Å². The van der Waals surface area contributed by atoms with Crippen LogP contribution in [-0.2, 0) is 6.54 Å². The van der Waals surface area contributed by atoms with E-state index in [2.05, 4.69) is 50.5 Å². The van der Waals surface area contributed by atoms with Gasteiger partial charge in [-0.25, -0.2) is 0 Å². The van der Waals surface area contributed by atoms with Crippen molar-refractivity contribution in [1.29, 1.82) is 0 Å². The standard InChI is InChI=1S/C13H14BrNS/c14-11-5-6-15(8-11)7-10-9-16-13-4-2-1-3-12(10)13/h1-4,9,11H,5-8H2. The Morgan fingerprint density at radius 1 is 1.38 bits per heavy atom. The summed E-state index contributed by atoms with van der Waals surface area (Å²) in [5.41, 5.74) is 1.49. The SMILES string of the molecule is BrC1CCN(Cc2csc3ccccc23)C1. The van der Waals surface area contributed by atoms with Gasteiger partial charge < -0.3 is 0 Å². The van der Waals surface area contributed by atoms with E-state index in [0.29, 0.717) is 4.83 Å². The average molecular weight is 296 g/mol. The van der Waals surface area contributed by atoms with Gasteiger partial charge in [0.2, 0.25) is 0 Å². The van der Waals surface area contributed by atoms with Gasteiger partial charge in [0.15, 0.2) is 0 Å². The quantitative estimate of drug-likeness (QED) is 0.760. The smallest absolute Gasteiger partial charge is 0.0346 e. The molecule has 0 N–H and O–H groups in total.